The summed E-state index contributed by atoms with van der Waals surface area (Å²) in [6.07, 6.45) is 4.68. The molecule has 0 unspecified atom stereocenters. The fourth-order valence-corrected chi connectivity index (χ4v) is 1.93. The van der Waals surface area contributed by atoms with Crippen molar-refractivity contribution in [2.75, 3.05) is 11.9 Å². The highest BCUT2D eigenvalue weighted by atomic mass is 16.1. The number of ketones is 1. The van der Waals surface area contributed by atoms with Gasteiger partial charge in [0.2, 0.25) is 0 Å². The van der Waals surface area contributed by atoms with Gasteiger partial charge >= 0.3 is 0 Å². The molecule has 3 heteroatoms. The van der Waals surface area contributed by atoms with Crippen molar-refractivity contribution < 1.29 is 4.79 Å². The predicted octanol–water partition coefficient (Wildman–Crippen LogP) is 3.27. The standard InChI is InChI=1S/C14H18N2O/c1-11(17)12-6-8-13(9-7-12)16-14-5-3-2-4-10-15-14/h6-9H,2-5,10H2,1H3,(H,15,16). The van der Waals surface area contributed by atoms with E-state index in [4.69, 9.17) is 0 Å². The van der Waals surface area contributed by atoms with Crippen molar-refractivity contribution in [1.82, 2.24) is 0 Å². The van der Waals surface area contributed by atoms with Gasteiger partial charge in [0.15, 0.2) is 5.78 Å². The minimum atomic E-state index is 0.100. The van der Waals surface area contributed by atoms with Crippen molar-refractivity contribution in [3.05, 3.63) is 29.8 Å². The number of anilines is 1. The number of benzene rings is 1. The summed E-state index contributed by atoms with van der Waals surface area (Å²) in [5.74, 6) is 1.17. The van der Waals surface area contributed by atoms with Crippen molar-refractivity contribution in [2.45, 2.75) is 32.6 Å². The van der Waals surface area contributed by atoms with Crippen molar-refractivity contribution in [2.24, 2.45) is 4.99 Å². The molecule has 1 aromatic carbocycles. The molecule has 1 N–H and O–H groups in total. The third kappa shape index (κ3) is 3.41. The van der Waals surface area contributed by atoms with Crippen LogP contribution >= 0.6 is 0 Å². The van der Waals surface area contributed by atoms with Gasteiger partial charge in [0, 0.05) is 24.2 Å². The molecule has 90 valence electrons. The zero-order chi connectivity index (χ0) is 12.1. The number of hydrogen-bond donors (Lipinski definition) is 1. The van der Waals surface area contributed by atoms with Gasteiger partial charge in [-0.2, -0.15) is 0 Å². The molecular weight excluding hydrogens is 212 g/mol. The van der Waals surface area contributed by atoms with Gasteiger partial charge in [-0.3, -0.25) is 9.79 Å². The third-order valence-corrected chi connectivity index (χ3v) is 2.95. The first-order chi connectivity index (χ1) is 8.25. The summed E-state index contributed by atoms with van der Waals surface area (Å²) < 4.78 is 0. The Labute approximate surface area is 102 Å². The summed E-state index contributed by atoms with van der Waals surface area (Å²) >= 11 is 0. The molecule has 1 aliphatic heterocycles. The lowest BCUT2D eigenvalue weighted by atomic mass is 10.1. The molecule has 1 aromatic rings. The molecule has 0 saturated heterocycles. The lowest BCUT2D eigenvalue weighted by Gasteiger charge is -2.08. The highest BCUT2D eigenvalue weighted by Gasteiger charge is 2.05. The van der Waals surface area contributed by atoms with E-state index in [1.54, 1.807) is 6.92 Å². The van der Waals surface area contributed by atoms with E-state index >= 15 is 0 Å². The summed E-state index contributed by atoms with van der Waals surface area (Å²) in [5, 5.41) is 3.33. The molecule has 1 heterocycles. The highest BCUT2D eigenvalue weighted by molar-refractivity contribution is 5.97. The Morgan fingerprint density at radius 2 is 1.94 bits per heavy atom. The molecule has 1 aliphatic rings. The fourth-order valence-electron chi connectivity index (χ4n) is 1.93. The van der Waals surface area contributed by atoms with E-state index in [2.05, 4.69) is 10.3 Å². The highest BCUT2D eigenvalue weighted by Crippen LogP contribution is 2.13. The molecular formula is C14H18N2O. The first kappa shape index (κ1) is 11.8. The molecule has 0 aliphatic carbocycles. The smallest absolute Gasteiger partial charge is 0.159 e. The molecule has 0 bridgehead atoms. The number of amidine groups is 1. The van der Waals surface area contributed by atoms with Gasteiger partial charge in [0.1, 0.15) is 5.84 Å². The maximum Gasteiger partial charge on any atom is 0.159 e. The molecule has 0 spiro atoms. The maximum atomic E-state index is 11.1. The molecule has 0 atom stereocenters. The second kappa shape index (κ2) is 5.62. The number of carbonyl (C=O) groups is 1. The monoisotopic (exact) mass is 230 g/mol. The Bertz CT molecular complexity index is 420. The Balaban J connectivity index is 2.03. The minimum Gasteiger partial charge on any atom is -0.344 e. The van der Waals surface area contributed by atoms with Crippen LogP contribution in [0, 0.1) is 0 Å². The summed E-state index contributed by atoms with van der Waals surface area (Å²) in [7, 11) is 0. The van der Waals surface area contributed by atoms with E-state index in [-0.39, 0.29) is 5.78 Å². The van der Waals surface area contributed by atoms with E-state index < -0.39 is 0 Å². The topological polar surface area (TPSA) is 41.5 Å². The zero-order valence-corrected chi connectivity index (χ0v) is 10.2. The molecule has 0 saturated carbocycles. The summed E-state index contributed by atoms with van der Waals surface area (Å²) in [5.41, 5.74) is 1.76. The zero-order valence-electron chi connectivity index (χ0n) is 10.2. The van der Waals surface area contributed by atoms with Gasteiger partial charge in [0.05, 0.1) is 0 Å². The van der Waals surface area contributed by atoms with E-state index in [1.165, 1.54) is 19.3 Å². The maximum absolute atomic E-state index is 11.1. The van der Waals surface area contributed by atoms with E-state index in [0.717, 1.165) is 30.1 Å². The minimum absolute atomic E-state index is 0.100. The van der Waals surface area contributed by atoms with Crippen LogP contribution in [0.15, 0.2) is 29.3 Å². The second-order valence-corrected chi connectivity index (χ2v) is 4.40. The summed E-state index contributed by atoms with van der Waals surface area (Å²) in [6.45, 7) is 2.51. The third-order valence-electron chi connectivity index (χ3n) is 2.95. The number of nitrogens with zero attached hydrogens (tertiary/aromatic N) is 1. The van der Waals surface area contributed by atoms with Gasteiger partial charge in [-0.25, -0.2) is 0 Å². The van der Waals surface area contributed by atoms with Crippen LogP contribution in [0.3, 0.4) is 0 Å². The number of carbonyl (C=O) groups excluding carboxylic acids is 1. The first-order valence-electron chi connectivity index (χ1n) is 6.17. The summed E-state index contributed by atoms with van der Waals surface area (Å²) in [6, 6.07) is 7.57. The van der Waals surface area contributed by atoms with Crippen LogP contribution in [0.25, 0.3) is 0 Å². The van der Waals surface area contributed by atoms with Crippen LogP contribution < -0.4 is 5.32 Å². The summed E-state index contributed by atoms with van der Waals surface area (Å²) in [4.78, 5) is 15.7. The van der Waals surface area contributed by atoms with Gasteiger partial charge in [-0.05, 0) is 44.0 Å². The lowest BCUT2D eigenvalue weighted by Crippen LogP contribution is -2.11. The van der Waals surface area contributed by atoms with Crippen molar-refractivity contribution in [3.63, 3.8) is 0 Å². The SMILES string of the molecule is CC(=O)c1ccc(NC2=NCCCCC2)cc1. The van der Waals surface area contributed by atoms with Crippen LogP contribution in [0.4, 0.5) is 5.69 Å². The van der Waals surface area contributed by atoms with Gasteiger partial charge in [0.25, 0.3) is 0 Å². The number of nitrogens with one attached hydrogen (secondary N) is 1. The molecule has 2 rings (SSSR count). The van der Waals surface area contributed by atoms with Crippen molar-refractivity contribution >= 4 is 17.3 Å². The Kier molecular flexibility index (Phi) is 3.91. The van der Waals surface area contributed by atoms with Gasteiger partial charge in [-0.1, -0.05) is 6.42 Å². The van der Waals surface area contributed by atoms with Crippen LogP contribution in [0.2, 0.25) is 0 Å². The number of Topliss-reactive ketones (excluding diaryl/α,β-unsaturated/α-hetero) is 1. The Morgan fingerprint density at radius 1 is 1.18 bits per heavy atom. The second-order valence-electron chi connectivity index (χ2n) is 4.40. The Hall–Kier alpha value is -1.64. The average Bonchev–Trinajstić information content (AvgIpc) is 2.58. The van der Waals surface area contributed by atoms with Crippen molar-refractivity contribution in [1.29, 1.82) is 0 Å². The number of aliphatic imine (C=N–C) groups is 1. The fraction of sp³-hybridized carbons (Fsp3) is 0.429. The molecule has 0 amide bonds. The Morgan fingerprint density at radius 3 is 2.65 bits per heavy atom. The molecule has 0 radical (unpaired) electrons. The van der Waals surface area contributed by atoms with Crippen LogP contribution in [-0.2, 0) is 0 Å². The van der Waals surface area contributed by atoms with Gasteiger partial charge < -0.3 is 5.32 Å². The number of hydrogen-bond acceptors (Lipinski definition) is 3. The van der Waals surface area contributed by atoms with Gasteiger partial charge in [-0.15, -0.1) is 0 Å². The van der Waals surface area contributed by atoms with Crippen LogP contribution in [0.1, 0.15) is 43.0 Å². The lowest BCUT2D eigenvalue weighted by molar-refractivity contribution is 0.101. The van der Waals surface area contributed by atoms with Crippen LogP contribution in [-0.4, -0.2) is 18.2 Å². The average molecular weight is 230 g/mol. The molecule has 17 heavy (non-hydrogen) atoms. The molecule has 0 fully saturated rings. The van der Waals surface area contributed by atoms with E-state index in [9.17, 15) is 4.79 Å². The normalized spacial score (nSPS) is 15.9. The predicted molar refractivity (Wildman–Crippen MR) is 70.8 cm³/mol. The van der Waals surface area contributed by atoms with Crippen molar-refractivity contribution in [3.8, 4) is 0 Å². The molecule has 0 aromatic heterocycles. The quantitative estimate of drug-likeness (QED) is 0.792. The number of rotatable bonds is 2. The van der Waals surface area contributed by atoms with Crippen LogP contribution in [0.5, 0.6) is 0 Å². The van der Waals surface area contributed by atoms with E-state index in [0.29, 0.717) is 0 Å². The largest absolute Gasteiger partial charge is 0.344 e. The molecule has 3 nitrogen and oxygen atoms in total. The van der Waals surface area contributed by atoms with E-state index in [1.807, 2.05) is 24.3 Å². The first-order valence-corrected chi connectivity index (χ1v) is 6.17.